The van der Waals surface area contributed by atoms with Gasteiger partial charge in [-0.05, 0) is 12.8 Å². The number of carboxylic acid groups (broad SMARTS) is 1. The molecule has 0 spiro atoms. The van der Waals surface area contributed by atoms with Crippen molar-refractivity contribution in [3.8, 4) is 0 Å². The van der Waals surface area contributed by atoms with E-state index in [1.807, 2.05) is 0 Å². The highest BCUT2D eigenvalue weighted by Gasteiger charge is 2.72. The summed E-state index contributed by atoms with van der Waals surface area (Å²) in [6, 6.07) is 0. The van der Waals surface area contributed by atoms with E-state index in [1.165, 1.54) is 0 Å². The fraction of sp³-hybridized carbons (Fsp3) is 0.778. The topological polar surface area (TPSA) is 199 Å². The number of hydrogen-bond donors (Lipinski definition) is 6. The molecule has 6 N–H and O–H groups in total. The molecule has 0 aromatic carbocycles. The van der Waals surface area contributed by atoms with E-state index in [-0.39, 0.29) is 0 Å². The molecule has 130 valence electrons. The van der Waals surface area contributed by atoms with Crippen molar-refractivity contribution in [2.45, 2.75) is 43.8 Å². The van der Waals surface area contributed by atoms with Crippen LogP contribution in [0.25, 0.3) is 0 Å². The van der Waals surface area contributed by atoms with Gasteiger partial charge in [0.25, 0.3) is 0 Å². The summed E-state index contributed by atoms with van der Waals surface area (Å²) in [5.74, 6) is -3.13. The summed E-state index contributed by atoms with van der Waals surface area (Å²) in [6.45, 7) is 2.32. The number of esters is 1. The molecule has 13 heteroatoms. The predicted octanol–water partition coefficient (Wildman–Crippen LogP) is -0.435. The lowest BCUT2D eigenvalue weighted by molar-refractivity contribution is -0.177. The first-order chi connectivity index (χ1) is 9.68. The SMILES string of the molecule is CCC(CC)(OC(=O)CC(=O)O)C(O)(P(=O)(O)O)P(=O)(O)O. The van der Waals surface area contributed by atoms with Gasteiger partial charge >= 0.3 is 32.2 Å². The van der Waals surface area contributed by atoms with Crippen LogP contribution in [0.1, 0.15) is 33.1 Å². The summed E-state index contributed by atoms with van der Waals surface area (Å²) in [4.78, 5) is 58.8. The summed E-state index contributed by atoms with van der Waals surface area (Å²) in [6.07, 6.45) is -2.37. The highest BCUT2D eigenvalue weighted by atomic mass is 31.2. The Bertz CT molecular complexity index is 504. The van der Waals surface area contributed by atoms with Crippen LogP contribution in [-0.2, 0) is 23.5 Å². The van der Waals surface area contributed by atoms with E-state index in [2.05, 4.69) is 4.74 Å². The molecule has 0 radical (unpaired) electrons. The van der Waals surface area contributed by atoms with Crippen LogP contribution in [0, 0.1) is 0 Å². The molecule has 0 atom stereocenters. The lowest BCUT2D eigenvalue weighted by atomic mass is 9.97. The van der Waals surface area contributed by atoms with Crippen LogP contribution >= 0.6 is 15.2 Å². The number of rotatable bonds is 8. The zero-order valence-electron chi connectivity index (χ0n) is 11.7. The number of aliphatic carboxylic acids is 1. The molecule has 0 rings (SSSR count). The van der Waals surface area contributed by atoms with Crippen LogP contribution < -0.4 is 0 Å². The van der Waals surface area contributed by atoms with Gasteiger partial charge in [-0.25, -0.2) is 0 Å². The zero-order chi connectivity index (χ0) is 18.0. The van der Waals surface area contributed by atoms with Gasteiger partial charge in [-0.1, -0.05) is 13.8 Å². The average Bonchev–Trinajstić information content (AvgIpc) is 2.31. The van der Waals surface area contributed by atoms with Crippen molar-refractivity contribution in [3.05, 3.63) is 0 Å². The van der Waals surface area contributed by atoms with Crippen LogP contribution in [0.4, 0.5) is 0 Å². The highest BCUT2D eigenvalue weighted by molar-refractivity contribution is 7.72. The molecule has 0 aromatic rings. The van der Waals surface area contributed by atoms with Crippen molar-refractivity contribution in [1.82, 2.24) is 0 Å². The summed E-state index contributed by atoms with van der Waals surface area (Å²) in [7, 11) is -11.8. The summed E-state index contributed by atoms with van der Waals surface area (Å²) >= 11 is 0. The average molecular weight is 364 g/mol. The van der Waals surface area contributed by atoms with Crippen LogP contribution in [0.2, 0.25) is 0 Å². The monoisotopic (exact) mass is 364 g/mol. The summed E-state index contributed by atoms with van der Waals surface area (Å²) in [5, 5.41) is 14.6. The van der Waals surface area contributed by atoms with Gasteiger partial charge in [0.15, 0.2) is 5.60 Å². The quantitative estimate of drug-likeness (QED) is 0.185. The third-order valence-corrected chi connectivity index (χ3v) is 7.17. The van der Waals surface area contributed by atoms with Crippen LogP contribution in [-0.4, -0.2) is 52.4 Å². The van der Waals surface area contributed by atoms with Gasteiger partial charge < -0.3 is 34.5 Å². The molecule has 0 aromatic heterocycles. The first-order valence-electron chi connectivity index (χ1n) is 5.95. The van der Waals surface area contributed by atoms with Crippen molar-refractivity contribution in [3.63, 3.8) is 0 Å². The van der Waals surface area contributed by atoms with Gasteiger partial charge in [-0.3, -0.25) is 18.7 Å². The minimum Gasteiger partial charge on any atom is -0.481 e. The number of carboxylic acids is 1. The number of hydrogen-bond acceptors (Lipinski definition) is 6. The lowest BCUT2D eigenvalue weighted by Gasteiger charge is -2.44. The maximum absolute atomic E-state index is 11.5. The van der Waals surface area contributed by atoms with Gasteiger partial charge in [0.05, 0.1) is 0 Å². The Balaban J connectivity index is 6.19. The second kappa shape index (κ2) is 6.76. The normalized spacial score (nSPS) is 13.8. The molecule has 0 fully saturated rings. The Morgan fingerprint density at radius 1 is 1.00 bits per heavy atom. The van der Waals surface area contributed by atoms with Crippen LogP contribution in [0.3, 0.4) is 0 Å². The first kappa shape index (κ1) is 21.2. The Kier molecular flexibility index (Phi) is 6.51. The standard InChI is InChI=1S/C9H18O11P2/c1-3-8(4-2,20-7(12)5-6(10)11)9(13,21(14,15)16)22(17,18)19/h13H,3-5H2,1-2H3,(H,10,11)(H2,14,15,16)(H2,17,18,19). The fourth-order valence-electron chi connectivity index (χ4n) is 2.02. The Morgan fingerprint density at radius 3 is 1.59 bits per heavy atom. The van der Waals surface area contributed by atoms with Crippen molar-refractivity contribution >= 4 is 27.1 Å². The Hall–Kier alpha value is -0.800. The molecule has 0 aliphatic rings. The highest BCUT2D eigenvalue weighted by Crippen LogP contribution is 2.73. The molecule has 0 aliphatic heterocycles. The van der Waals surface area contributed by atoms with E-state index in [0.29, 0.717) is 0 Å². The van der Waals surface area contributed by atoms with E-state index in [9.17, 15) is 43.4 Å². The number of carbonyl (C=O) groups is 2. The Labute approximate surface area is 125 Å². The van der Waals surface area contributed by atoms with Gasteiger partial charge in [-0.15, -0.1) is 0 Å². The second-order valence-electron chi connectivity index (χ2n) is 4.47. The predicted molar refractivity (Wildman–Crippen MR) is 70.7 cm³/mol. The molecular formula is C9H18O11P2. The molecule has 0 amide bonds. The van der Waals surface area contributed by atoms with E-state index in [4.69, 9.17) is 5.11 Å². The lowest BCUT2D eigenvalue weighted by Crippen LogP contribution is -2.55. The first-order valence-corrected chi connectivity index (χ1v) is 9.18. The fourth-order valence-corrected chi connectivity index (χ4v) is 5.16. The smallest absolute Gasteiger partial charge is 0.373 e. The van der Waals surface area contributed by atoms with Gasteiger partial charge in [0, 0.05) is 0 Å². The minimum atomic E-state index is -5.89. The molecule has 0 heterocycles. The van der Waals surface area contributed by atoms with E-state index < -0.39 is 57.1 Å². The van der Waals surface area contributed by atoms with Crippen molar-refractivity contribution in [2.24, 2.45) is 0 Å². The zero-order valence-corrected chi connectivity index (χ0v) is 13.5. The van der Waals surface area contributed by atoms with Crippen molar-refractivity contribution in [2.75, 3.05) is 0 Å². The third kappa shape index (κ3) is 3.75. The molecule has 22 heavy (non-hydrogen) atoms. The van der Waals surface area contributed by atoms with E-state index in [0.717, 1.165) is 13.8 Å². The maximum Gasteiger partial charge on any atom is 0.373 e. The Morgan fingerprint density at radius 2 is 1.36 bits per heavy atom. The molecule has 11 nitrogen and oxygen atoms in total. The van der Waals surface area contributed by atoms with Gasteiger partial charge in [0.1, 0.15) is 6.42 Å². The molecule has 0 unspecified atom stereocenters. The summed E-state index contributed by atoms with van der Waals surface area (Å²) in [5.41, 5.74) is -2.67. The van der Waals surface area contributed by atoms with E-state index >= 15 is 0 Å². The van der Waals surface area contributed by atoms with Gasteiger partial charge in [-0.2, -0.15) is 0 Å². The van der Waals surface area contributed by atoms with Gasteiger partial charge in [0.2, 0.25) is 0 Å². The molecule has 0 saturated heterocycles. The third-order valence-electron chi connectivity index (χ3n) is 3.17. The summed E-state index contributed by atoms with van der Waals surface area (Å²) < 4.78 is 27.6. The van der Waals surface area contributed by atoms with Crippen molar-refractivity contribution < 1.29 is 53.2 Å². The van der Waals surface area contributed by atoms with Crippen molar-refractivity contribution in [1.29, 1.82) is 0 Å². The number of carbonyl (C=O) groups excluding carboxylic acids is 1. The second-order valence-corrected chi connectivity index (χ2v) is 8.29. The number of ether oxygens (including phenoxy) is 1. The molecule has 0 bridgehead atoms. The molecular weight excluding hydrogens is 346 g/mol. The van der Waals surface area contributed by atoms with Crippen LogP contribution in [0.15, 0.2) is 0 Å². The largest absolute Gasteiger partial charge is 0.481 e. The number of aliphatic hydroxyl groups is 1. The molecule has 0 saturated carbocycles. The van der Waals surface area contributed by atoms with Crippen LogP contribution in [0.5, 0.6) is 0 Å². The minimum absolute atomic E-state index is 0.582. The van der Waals surface area contributed by atoms with E-state index in [1.54, 1.807) is 0 Å². The maximum atomic E-state index is 11.5. The molecule has 0 aliphatic carbocycles.